The molecule has 0 unspecified atom stereocenters. The second-order valence-corrected chi connectivity index (χ2v) is 8.03. The molecule has 4 aromatic rings. The molecule has 3 heterocycles. The predicted molar refractivity (Wildman–Crippen MR) is 126 cm³/mol. The number of anilines is 1. The molecule has 4 N–H and O–H groups in total. The summed E-state index contributed by atoms with van der Waals surface area (Å²) >= 11 is 0. The van der Waals surface area contributed by atoms with E-state index < -0.39 is 0 Å². The first-order valence-electron chi connectivity index (χ1n) is 10.9. The molecule has 9 heteroatoms. The first-order chi connectivity index (χ1) is 16.1. The average molecular weight is 444 g/mol. The van der Waals surface area contributed by atoms with Crippen LogP contribution in [0.3, 0.4) is 0 Å². The molecule has 0 saturated carbocycles. The second-order valence-electron chi connectivity index (χ2n) is 8.03. The Balaban J connectivity index is 1.49. The van der Waals surface area contributed by atoms with Crippen LogP contribution in [0, 0.1) is 0 Å². The molecule has 1 aliphatic heterocycles. The molecule has 1 amide bonds. The average Bonchev–Trinajstić information content (AvgIpc) is 3.26. The van der Waals surface area contributed by atoms with Crippen molar-refractivity contribution < 1.29 is 9.53 Å². The van der Waals surface area contributed by atoms with Crippen molar-refractivity contribution in [2.75, 3.05) is 25.4 Å². The minimum Gasteiger partial charge on any atom is -0.457 e. The Kier molecular flexibility index (Phi) is 5.62. The first-order valence-corrected chi connectivity index (χ1v) is 10.9. The lowest BCUT2D eigenvalue weighted by Gasteiger charge is -2.32. The SMILES string of the molecule is NCC(=O)N1CCC[C@@H](n2nc(-c3ccc(Oc4ccccc4)cc3)c3c(N)ncnc32)C1. The Labute approximate surface area is 191 Å². The third kappa shape index (κ3) is 4.10. The third-order valence-electron chi connectivity index (χ3n) is 5.89. The van der Waals surface area contributed by atoms with Gasteiger partial charge in [0.2, 0.25) is 5.91 Å². The summed E-state index contributed by atoms with van der Waals surface area (Å²) in [5, 5.41) is 5.61. The highest BCUT2D eigenvalue weighted by Gasteiger charge is 2.28. The van der Waals surface area contributed by atoms with Crippen molar-refractivity contribution >= 4 is 22.8 Å². The van der Waals surface area contributed by atoms with E-state index in [0.29, 0.717) is 35.6 Å². The number of para-hydroxylation sites is 1. The number of nitrogens with two attached hydrogens (primary N) is 2. The van der Waals surface area contributed by atoms with Gasteiger partial charge in [-0.1, -0.05) is 18.2 Å². The van der Waals surface area contributed by atoms with E-state index in [1.54, 1.807) is 4.90 Å². The Bertz CT molecular complexity index is 1270. The van der Waals surface area contributed by atoms with Gasteiger partial charge in [0.05, 0.1) is 18.0 Å². The molecule has 33 heavy (non-hydrogen) atoms. The van der Waals surface area contributed by atoms with E-state index in [4.69, 9.17) is 21.3 Å². The molecule has 2 aromatic carbocycles. The maximum atomic E-state index is 12.2. The number of hydrogen-bond acceptors (Lipinski definition) is 7. The van der Waals surface area contributed by atoms with Crippen molar-refractivity contribution in [2.45, 2.75) is 18.9 Å². The van der Waals surface area contributed by atoms with Gasteiger partial charge in [-0.15, -0.1) is 0 Å². The fraction of sp³-hybridized carbons (Fsp3) is 0.250. The highest BCUT2D eigenvalue weighted by molar-refractivity contribution is 5.98. The van der Waals surface area contributed by atoms with Gasteiger partial charge in [0.1, 0.15) is 29.3 Å². The fourth-order valence-electron chi connectivity index (χ4n) is 4.27. The van der Waals surface area contributed by atoms with Crippen LogP contribution < -0.4 is 16.2 Å². The lowest BCUT2D eigenvalue weighted by atomic mass is 10.1. The van der Waals surface area contributed by atoms with Crippen LogP contribution in [0.2, 0.25) is 0 Å². The van der Waals surface area contributed by atoms with Crippen molar-refractivity contribution in [3.05, 3.63) is 60.9 Å². The molecule has 1 fully saturated rings. The standard InChI is InChI=1S/C24H25N7O2/c25-13-20(32)30-12-4-5-17(14-30)31-24-21(23(26)27-15-28-24)22(29-31)16-8-10-19(11-9-16)33-18-6-2-1-3-7-18/h1-3,6-11,15,17H,4-5,12-14,25H2,(H2,26,27,28)/t17-/m1/s1. The number of amides is 1. The normalized spacial score (nSPS) is 16.2. The Morgan fingerprint density at radius 1 is 1.06 bits per heavy atom. The van der Waals surface area contributed by atoms with Crippen molar-refractivity contribution in [1.82, 2.24) is 24.6 Å². The molecule has 0 bridgehead atoms. The van der Waals surface area contributed by atoms with Crippen LogP contribution in [0.15, 0.2) is 60.9 Å². The molecule has 2 aromatic heterocycles. The number of hydrogen-bond donors (Lipinski definition) is 2. The van der Waals surface area contributed by atoms with Crippen LogP contribution in [0.4, 0.5) is 5.82 Å². The van der Waals surface area contributed by atoms with E-state index >= 15 is 0 Å². The van der Waals surface area contributed by atoms with E-state index in [-0.39, 0.29) is 18.5 Å². The summed E-state index contributed by atoms with van der Waals surface area (Å²) in [6.07, 6.45) is 3.21. The van der Waals surface area contributed by atoms with Gasteiger partial charge < -0.3 is 21.1 Å². The van der Waals surface area contributed by atoms with E-state index in [0.717, 1.165) is 29.9 Å². The van der Waals surface area contributed by atoms with Crippen LogP contribution in [0.5, 0.6) is 11.5 Å². The summed E-state index contributed by atoms with van der Waals surface area (Å²) in [4.78, 5) is 22.6. The van der Waals surface area contributed by atoms with Gasteiger partial charge in [0, 0.05) is 18.7 Å². The monoisotopic (exact) mass is 443 g/mol. The van der Waals surface area contributed by atoms with Gasteiger partial charge in [-0.2, -0.15) is 5.10 Å². The van der Waals surface area contributed by atoms with Crippen LogP contribution in [0.1, 0.15) is 18.9 Å². The number of likely N-dealkylation sites (tertiary alicyclic amines) is 1. The number of carbonyl (C=O) groups is 1. The van der Waals surface area contributed by atoms with Crippen molar-refractivity contribution in [2.24, 2.45) is 5.73 Å². The maximum Gasteiger partial charge on any atom is 0.236 e. The van der Waals surface area contributed by atoms with Crippen LogP contribution >= 0.6 is 0 Å². The molecule has 1 aliphatic rings. The zero-order chi connectivity index (χ0) is 22.8. The molecule has 0 radical (unpaired) electrons. The largest absolute Gasteiger partial charge is 0.457 e. The van der Waals surface area contributed by atoms with Crippen LogP contribution in [-0.4, -0.2) is 50.2 Å². The van der Waals surface area contributed by atoms with E-state index in [1.807, 2.05) is 59.3 Å². The third-order valence-corrected chi connectivity index (χ3v) is 5.89. The first kappa shape index (κ1) is 20.9. The highest BCUT2D eigenvalue weighted by Crippen LogP contribution is 2.34. The highest BCUT2D eigenvalue weighted by atomic mass is 16.5. The number of rotatable bonds is 5. The van der Waals surface area contributed by atoms with Crippen LogP contribution in [0.25, 0.3) is 22.3 Å². The van der Waals surface area contributed by atoms with Gasteiger partial charge in [-0.05, 0) is 49.2 Å². The zero-order valence-corrected chi connectivity index (χ0v) is 18.1. The van der Waals surface area contributed by atoms with E-state index in [2.05, 4.69) is 9.97 Å². The molecule has 5 rings (SSSR count). The molecule has 0 spiro atoms. The van der Waals surface area contributed by atoms with E-state index in [9.17, 15) is 4.79 Å². The number of piperidine rings is 1. The minimum absolute atomic E-state index is 0.00431. The number of benzene rings is 2. The van der Waals surface area contributed by atoms with Gasteiger partial charge in [-0.25, -0.2) is 14.6 Å². The number of ether oxygens (including phenoxy) is 1. The maximum absolute atomic E-state index is 12.2. The molecular weight excluding hydrogens is 418 g/mol. The van der Waals surface area contributed by atoms with Gasteiger partial charge in [0.15, 0.2) is 5.65 Å². The van der Waals surface area contributed by atoms with Crippen molar-refractivity contribution in [3.63, 3.8) is 0 Å². The molecule has 0 aliphatic carbocycles. The molecular formula is C24H25N7O2. The number of fused-ring (bicyclic) bond motifs is 1. The topological polar surface area (TPSA) is 125 Å². The summed E-state index contributed by atoms with van der Waals surface area (Å²) in [5.41, 5.74) is 14.1. The smallest absolute Gasteiger partial charge is 0.236 e. The summed E-state index contributed by atoms with van der Waals surface area (Å²) in [6.45, 7) is 1.25. The number of nitrogens with zero attached hydrogens (tertiary/aromatic N) is 5. The zero-order valence-electron chi connectivity index (χ0n) is 18.1. The summed E-state index contributed by atoms with van der Waals surface area (Å²) in [7, 11) is 0. The van der Waals surface area contributed by atoms with Gasteiger partial charge in [-0.3, -0.25) is 4.79 Å². The molecule has 9 nitrogen and oxygen atoms in total. The molecule has 1 atom stereocenters. The quantitative estimate of drug-likeness (QED) is 0.486. The Morgan fingerprint density at radius 2 is 1.82 bits per heavy atom. The predicted octanol–water partition coefficient (Wildman–Crippen LogP) is 2.99. The van der Waals surface area contributed by atoms with Crippen LogP contribution in [-0.2, 0) is 4.79 Å². The summed E-state index contributed by atoms with van der Waals surface area (Å²) in [6, 6.07) is 17.3. The van der Waals surface area contributed by atoms with Gasteiger partial charge >= 0.3 is 0 Å². The second kappa shape index (κ2) is 8.87. The molecule has 168 valence electrons. The fourth-order valence-corrected chi connectivity index (χ4v) is 4.27. The summed E-state index contributed by atoms with van der Waals surface area (Å²) in [5.74, 6) is 1.81. The lowest BCUT2D eigenvalue weighted by molar-refractivity contribution is -0.131. The minimum atomic E-state index is -0.0560. The van der Waals surface area contributed by atoms with Crippen molar-refractivity contribution in [3.8, 4) is 22.8 Å². The van der Waals surface area contributed by atoms with Crippen molar-refractivity contribution in [1.29, 1.82) is 0 Å². The molecule has 1 saturated heterocycles. The number of carbonyl (C=O) groups excluding carboxylic acids is 1. The lowest BCUT2D eigenvalue weighted by Crippen LogP contribution is -2.43. The van der Waals surface area contributed by atoms with Gasteiger partial charge in [0.25, 0.3) is 0 Å². The Morgan fingerprint density at radius 3 is 2.58 bits per heavy atom. The van der Waals surface area contributed by atoms with E-state index in [1.165, 1.54) is 6.33 Å². The number of aromatic nitrogens is 4. The summed E-state index contributed by atoms with van der Waals surface area (Å²) < 4.78 is 7.78. The Hall–Kier alpha value is -3.98. The number of nitrogen functional groups attached to an aromatic ring is 1.